The van der Waals surface area contributed by atoms with Crippen LogP contribution in [0.15, 0.2) is 24.3 Å². The van der Waals surface area contributed by atoms with Crippen molar-refractivity contribution in [3.8, 4) is 0 Å². The summed E-state index contributed by atoms with van der Waals surface area (Å²) in [6.45, 7) is 8.02. The van der Waals surface area contributed by atoms with Gasteiger partial charge >= 0.3 is 0 Å². The predicted molar refractivity (Wildman–Crippen MR) is 43.5 cm³/mol. The van der Waals surface area contributed by atoms with E-state index < -0.39 is 0 Å². The van der Waals surface area contributed by atoms with Gasteiger partial charge in [-0.2, -0.15) is 0 Å². The van der Waals surface area contributed by atoms with Crippen molar-refractivity contribution < 1.29 is 0 Å². The molecular formula is C9H16. The van der Waals surface area contributed by atoms with Crippen LogP contribution in [0.4, 0.5) is 0 Å². The lowest BCUT2D eigenvalue weighted by molar-refractivity contribution is 0.900. The Balaban J connectivity index is 3.42. The van der Waals surface area contributed by atoms with Crippen LogP contribution in [-0.4, -0.2) is 0 Å². The first-order chi connectivity index (χ1) is 4.31. The van der Waals surface area contributed by atoms with Gasteiger partial charge in [0.2, 0.25) is 0 Å². The molecule has 0 aromatic heterocycles. The lowest BCUT2D eigenvalue weighted by atomic mass is 10.1. The molecule has 0 unspecified atom stereocenters. The van der Waals surface area contributed by atoms with Gasteiger partial charge in [0.1, 0.15) is 0 Å². The maximum Gasteiger partial charge on any atom is -0.0169 e. The summed E-state index contributed by atoms with van der Waals surface area (Å²) in [6.07, 6.45) is 7.66. The van der Waals surface area contributed by atoms with Crippen molar-refractivity contribution >= 4 is 0 Å². The van der Waals surface area contributed by atoms with Crippen molar-refractivity contribution in [1.82, 2.24) is 0 Å². The molecule has 0 N–H and O–H groups in total. The van der Waals surface area contributed by atoms with Crippen LogP contribution in [0.2, 0.25) is 0 Å². The van der Waals surface area contributed by atoms with E-state index in [1.54, 1.807) is 0 Å². The average Bonchev–Trinajstić information content (AvgIpc) is 1.85. The summed E-state index contributed by atoms with van der Waals surface area (Å²) in [4.78, 5) is 0. The van der Waals surface area contributed by atoms with Gasteiger partial charge in [0.25, 0.3) is 0 Å². The predicted octanol–water partition coefficient (Wildman–Crippen LogP) is 3.31. The van der Waals surface area contributed by atoms with Crippen LogP contribution in [-0.2, 0) is 0 Å². The summed E-state index contributed by atoms with van der Waals surface area (Å²) in [5, 5.41) is 0. The highest BCUT2D eigenvalue weighted by atomic mass is 13.9. The highest BCUT2D eigenvalue weighted by Crippen LogP contribution is 2.03. The fourth-order valence-electron chi connectivity index (χ4n) is 0.781. The third-order valence-electron chi connectivity index (χ3n) is 1.28. The molecule has 0 aromatic rings. The van der Waals surface area contributed by atoms with E-state index in [1.165, 1.54) is 18.4 Å². The largest absolute Gasteiger partial charge is 0.103 e. The fraction of sp³-hybridized carbons (Fsp3) is 0.556. The van der Waals surface area contributed by atoms with Crippen molar-refractivity contribution in [1.29, 1.82) is 0 Å². The van der Waals surface area contributed by atoms with E-state index in [0.29, 0.717) is 0 Å². The molecule has 0 amide bonds. The van der Waals surface area contributed by atoms with Crippen molar-refractivity contribution in [2.24, 2.45) is 0 Å². The Morgan fingerprint density at radius 2 is 2.22 bits per heavy atom. The Labute approximate surface area is 58.3 Å². The van der Waals surface area contributed by atoms with Crippen molar-refractivity contribution in [2.75, 3.05) is 0 Å². The van der Waals surface area contributed by atoms with Crippen LogP contribution in [0, 0.1) is 0 Å². The smallest absolute Gasteiger partial charge is 0.0169 e. The molecule has 9 heavy (non-hydrogen) atoms. The molecule has 0 saturated carbocycles. The molecule has 0 fully saturated rings. The van der Waals surface area contributed by atoms with Gasteiger partial charge in [0.15, 0.2) is 0 Å². The van der Waals surface area contributed by atoms with Crippen LogP contribution in [0.3, 0.4) is 0 Å². The van der Waals surface area contributed by atoms with Gasteiger partial charge in [-0.3, -0.25) is 0 Å². The Morgan fingerprint density at radius 3 is 2.67 bits per heavy atom. The standard InChI is InChI=1S/C9H16/c1-4-6-8-9(3)7-5-2/h4,8H,1,5-7H2,2-3H3. The van der Waals surface area contributed by atoms with Gasteiger partial charge in [-0.15, -0.1) is 6.58 Å². The minimum Gasteiger partial charge on any atom is -0.103 e. The number of hydrogen-bond acceptors (Lipinski definition) is 0. The van der Waals surface area contributed by atoms with Crippen molar-refractivity contribution in [3.05, 3.63) is 24.3 Å². The zero-order valence-electron chi connectivity index (χ0n) is 6.48. The molecule has 0 heteroatoms. The second-order valence-electron chi connectivity index (χ2n) is 2.32. The van der Waals surface area contributed by atoms with Crippen LogP contribution < -0.4 is 0 Å². The SMILES string of the molecule is C=CCC=C(C)CCC. The molecule has 0 heterocycles. The molecule has 52 valence electrons. The molecule has 0 atom stereocenters. The molecule has 0 rings (SSSR count). The summed E-state index contributed by atoms with van der Waals surface area (Å²) in [6, 6.07) is 0. The molecule has 0 spiro atoms. The minimum absolute atomic E-state index is 1.02. The first-order valence-electron chi connectivity index (χ1n) is 3.57. The average molecular weight is 124 g/mol. The third-order valence-corrected chi connectivity index (χ3v) is 1.28. The molecule has 0 radical (unpaired) electrons. The molecule has 0 bridgehead atoms. The van der Waals surface area contributed by atoms with Crippen LogP contribution in [0.1, 0.15) is 33.1 Å². The van der Waals surface area contributed by atoms with E-state index >= 15 is 0 Å². The zero-order chi connectivity index (χ0) is 7.11. The van der Waals surface area contributed by atoms with Gasteiger partial charge in [-0.25, -0.2) is 0 Å². The summed E-state index contributed by atoms with van der Waals surface area (Å²) in [5.74, 6) is 0. The first kappa shape index (κ1) is 8.48. The highest BCUT2D eigenvalue weighted by Gasteiger charge is 1.82. The van der Waals surface area contributed by atoms with Crippen LogP contribution >= 0.6 is 0 Å². The Hall–Kier alpha value is -0.520. The Bertz CT molecular complexity index is 98.6. The normalized spacial score (nSPS) is 11.6. The van der Waals surface area contributed by atoms with Crippen molar-refractivity contribution in [3.63, 3.8) is 0 Å². The third kappa shape index (κ3) is 5.35. The van der Waals surface area contributed by atoms with Gasteiger partial charge < -0.3 is 0 Å². The topological polar surface area (TPSA) is 0 Å². The zero-order valence-corrected chi connectivity index (χ0v) is 6.48. The summed E-state index contributed by atoms with van der Waals surface area (Å²) >= 11 is 0. The van der Waals surface area contributed by atoms with E-state index in [2.05, 4.69) is 26.5 Å². The molecule has 0 aliphatic carbocycles. The number of hydrogen-bond donors (Lipinski definition) is 0. The first-order valence-corrected chi connectivity index (χ1v) is 3.57. The van der Waals surface area contributed by atoms with E-state index in [1.807, 2.05) is 6.08 Å². The maximum atomic E-state index is 3.65. The van der Waals surface area contributed by atoms with Gasteiger partial charge in [0.05, 0.1) is 0 Å². The summed E-state index contributed by atoms with van der Waals surface area (Å²) in [5.41, 5.74) is 1.48. The Morgan fingerprint density at radius 1 is 1.56 bits per heavy atom. The molecular weight excluding hydrogens is 108 g/mol. The van der Waals surface area contributed by atoms with Crippen molar-refractivity contribution in [2.45, 2.75) is 33.1 Å². The quantitative estimate of drug-likeness (QED) is 0.504. The van der Waals surface area contributed by atoms with Gasteiger partial charge in [0, 0.05) is 0 Å². The number of allylic oxidation sites excluding steroid dienone is 3. The molecule has 0 aromatic carbocycles. The lowest BCUT2D eigenvalue weighted by Gasteiger charge is -1.93. The van der Waals surface area contributed by atoms with E-state index in [9.17, 15) is 0 Å². The number of rotatable bonds is 4. The molecule has 0 nitrogen and oxygen atoms in total. The highest BCUT2D eigenvalue weighted by molar-refractivity contribution is 5.00. The Kier molecular flexibility index (Phi) is 5.29. The van der Waals surface area contributed by atoms with Crippen LogP contribution in [0.5, 0.6) is 0 Å². The second kappa shape index (κ2) is 5.61. The van der Waals surface area contributed by atoms with Gasteiger partial charge in [-0.05, 0) is 19.8 Å². The molecule has 0 aliphatic rings. The van der Waals surface area contributed by atoms with Crippen LogP contribution in [0.25, 0.3) is 0 Å². The minimum atomic E-state index is 1.02. The molecule has 0 saturated heterocycles. The van der Waals surface area contributed by atoms with Gasteiger partial charge in [-0.1, -0.05) is 31.1 Å². The molecule has 0 aliphatic heterocycles. The monoisotopic (exact) mass is 124 g/mol. The summed E-state index contributed by atoms with van der Waals surface area (Å²) in [7, 11) is 0. The van der Waals surface area contributed by atoms with E-state index in [0.717, 1.165) is 6.42 Å². The second-order valence-corrected chi connectivity index (χ2v) is 2.32. The van der Waals surface area contributed by atoms with E-state index in [-0.39, 0.29) is 0 Å². The fourth-order valence-corrected chi connectivity index (χ4v) is 0.781. The summed E-state index contributed by atoms with van der Waals surface area (Å²) < 4.78 is 0. The van der Waals surface area contributed by atoms with E-state index in [4.69, 9.17) is 0 Å². The maximum absolute atomic E-state index is 3.65. The lowest BCUT2D eigenvalue weighted by Crippen LogP contribution is -1.73.